The van der Waals surface area contributed by atoms with E-state index in [0.717, 1.165) is 19.3 Å². The van der Waals surface area contributed by atoms with E-state index >= 15 is 0 Å². The molecule has 0 spiro atoms. The van der Waals surface area contributed by atoms with Crippen LogP contribution in [0.2, 0.25) is 0 Å². The van der Waals surface area contributed by atoms with Crippen LogP contribution >= 0.6 is 0 Å². The number of ether oxygens (including phenoxy) is 1. The number of unbranched alkanes of at least 4 members (excludes halogenated alkanes) is 1. The third-order valence-electron chi connectivity index (χ3n) is 3.08. The molecule has 0 bridgehead atoms. The van der Waals surface area contributed by atoms with E-state index in [1.807, 2.05) is 0 Å². The Balaban J connectivity index is 2.44. The summed E-state index contributed by atoms with van der Waals surface area (Å²) in [5.41, 5.74) is 0.403. The third kappa shape index (κ3) is 4.78. The van der Waals surface area contributed by atoms with Gasteiger partial charge in [-0.15, -0.1) is 0 Å². The van der Waals surface area contributed by atoms with Crippen LogP contribution in [0.15, 0.2) is 24.3 Å². The maximum atomic E-state index is 11.8. The van der Waals surface area contributed by atoms with Crippen molar-refractivity contribution in [1.29, 1.82) is 0 Å². The summed E-state index contributed by atoms with van der Waals surface area (Å²) in [5, 5.41) is 9.29. The van der Waals surface area contributed by atoms with Crippen molar-refractivity contribution in [3.05, 3.63) is 29.8 Å². The minimum absolute atomic E-state index is 0.0856. The molecular weight excluding hydrogens is 228 g/mol. The molecule has 1 atom stereocenters. The van der Waals surface area contributed by atoms with E-state index in [9.17, 15) is 9.90 Å². The zero-order chi connectivity index (χ0) is 13.4. The molecule has 3 heteroatoms. The normalized spacial score (nSPS) is 12.1. The van der Waals surface area contributed by atoms with Gasteiger partial charge in [0.05, 0.1) is 12.2 Å². The summed E-state index contributed by atoms with van der Waals surface area (Å²) >= 11 is 0. The first-order valence-corrected chi connectivity index (χ1v) is 6.63. The highest BCUT2D eigenvalue weighted by Gasteiger charge is 2.12. The van der Waals surface area contributed by atoms with E-state index in [0.29, 0.717) is 18.1 Å². The molecule has 0 aliphatic rings. The summed E-state index contributed by atoms with van der Waals surface area (Å²) in [5.74, 6) is 0.162. The molecule has 1 rings (SSSR count). The van der Waals surface area contributed by atoms with Crippen LogP contribution in [0.5, 0.6) is 5.75 Å². The number of hydrogen-bond acceptors (Lipinski definition) is 3. The van der Waals surface area contributed by atoms with Gasteiger partial charge in [0.1, 0.15) is 5.75 Å². The number of benzene rings is 1. The molecule has 0 aliphatic carbocycles. The van der Waals surface area contributed by atoms with Gasteiger partial charge in [-0.3, -0.25) is 0 Å². The Kier molecular flexibility index (Phi) is 6.26. The minimum atomic E-state index is -0.360. The number of esters is 1. The summed E-state index contributed by atoms with van der Waals surface area (Å²) < 4.78 is 5.28. The number of aromatic hydroxyl groups is 1. The molecule has 1 N–H and O–H groups in total. The fourth-order valence-corrected chi connectivity index (χ4v) is 1.81. The third-order valence-corrected chi connectivity index (χ3v) is 3.08. The van der Waals surface area contributed by atoms with Crippen LogP contribution in [0.4, 0.5) is 0 Å². The Morgan fingerprint density at radius 1 is 1.39 bits per heavy atom. The lowest BCUT2D eigenvalue weighted by Gasteiger charge is -2.14. The lowest BCUT2D eigenvalue weighted by Crippen LogP contribution is -2.14. The van der Waals surface area contributed by atoms with E-state index < -0.39 is 0 Å². The number of rotatable bonds is 7. The first-order chi connectivity index (χ1) is 8.67. The summed E-state index contributed by atoms with van der Waals surface area (Å²) in [6.45, 7) is 4.74. The Hall–Kier alpha value is -1.51. The quantitative estimate of drug-likeness (QED) is 0.749. The van der Waals surface area contributed by atoms with Crippen LogP contribution in [0.1, 0.15) is 49.9 Å². The van der Waals surface area contributed by atoms with E-state index in [-0.39, 0.29) is 11.7 Å². The lowest BCUT2D eigenvalue weighted by molar-refractivity contribution is 0.0427. The topological polar surface area (TPSA) is 46.5 Å². The number of hydrogen-bond donors (Lipinski definition) is 1. The van der Waals surface area contributed by atoms with Crippen molar-refractivity contribution in [3.8, 4) is 5.75 Å². The zero-order valence-electron chi connectivity index (χ0n) is 11.2. The van der Waals surface area contributed by atoms with Crippen molar-refractivity contribution in [1.82, 2.24) is 0 Å². The largest absolute Gasteiger partial charge is 0.508 e. The molecule has 0 amide bonds. The van der Waals surface area contributed by atoms with Crippen LogP contribution < -0.4 is 0 Å². The standard InChI is InChI=1S/C15H22O3/c1-3-5-7-12(4-2)11-18-15(17)13-8-6-9-14(16)10-13/h6,8-10,12,16H,3-5,7,11H2,1-2H3. The summed E-state index contributed by atoms with van der Waals surface area (Å²) in [7, 11) is 0. The molecule has 0 saturated heterocycles. The fourth-order valence-electron chi connectivity index (χ4n) is 1.81. The number of carbonyl (C=O) groups is 1. The van der Waals surface area contributed by atoms with Gasteiger partial charge in [-0.25, -0.2) is 4.79 Å². The molecule has 18 heavy (non-hydrogen) atoms. The SMILES string of the molecule is CCCCC(CC)COC(=O)c1cccc(O)c1. The highest BCUT2D eigenvalue weighted by Crippen LogP contribution is 2.15. The maximum Gasteiger partial charge on any atom is 0.338 e. The second-order valence-electron chi connectivity index (χ2n) is 4.57. The lowest BCUT2D eigenvalue weighted by atomic mass is 10.0. The van der Waals surface area contributed by atoms with Gasteiger partial charge in [-0.2, -0.15) is 0 Å². The summed E-state index contributed by atoms with van der Waals surface area (Å²) in [6.07, 6.45) is 4.45. The molecule has 0 aliphatic heterocycles. The molecule has 1 aromatic rings. The Bertz CT molecular complexity index is 374. The highest BCUT2D eigenvalue weighted by atomic mass is 16.5. The number of phenolic OH excluding ortho intramolecular Hbond substituents is 1. The molecule has 0 radical (unpaired) electrons. The van der Waals surface area contributed by atoms with Crippen LogP contribution in [-0.4, -0.2) is 17.7 Å². The molecule has 1 unspecified atom stereocenters. The van der Waals surface area contributed by atoms with Crippen LogP contribution in [0.25, 0.3) is 0 Å². The van der Waals surface area contributed by atoms with Crippen molar-refractivity contribution in [2.45, 2.75) is 39.5 Å². The molecule has 0 aromatic heterocycles. The average Bonchev–Trinajstić information content (AvgIpc) is 2.38. The second kappa shape index (κ2) is 7.75. The minimum Gasteiger partial charge on any atom is -0.508 e. The molecule has 0 saturated carbocycles. The van der Waals surface area contributed by atoms with Gasteiger partial charge in [-0.1, -0.05) is 39.2 Å². The van der Waals surface area contributed by atoms with E-state index in [2.05, 4.69) is 13.8 Å². The van der Waals surface area contributed by atoms with Gasteiger partial charge in [0.15, 0.2) is 0 Å². The van der Waals surface area contributed by atoms with Gasteiger partial charge in [0.2, 0.25) is 0 Å². The summed E-state index contributed by atoms with van der Waals surface area (Å²) in [4.78, 5) is 11.8. The van der Waals surface area contributed by atoms with Crippen LogP contribution in [0, 0.1) is 5.92 Å². The molecular formula is C15H22O3. The van der Waals surface area contributed by atoms with Gasteiger partial charge < -0.3 is 9.84 Å². The highest BCUT2D eigenvalue weighted by molar-refractivity contribution is 5.89. The van der Waals surface area contributed by atoms with Crippen LogP contribution in [-0.2, 0) is 4.74 Å². The van der Waals surface area contributed by atoms with Crippen molar-refractivity contribution < 1.29 is 14.6 Å². The number of carbonyl (C=O) groups excluding carboxylic acids is 1. The molecule has 3 nitrogen and oxygen atoms in total. The van der Waals surface area contributed by atoms with Crippen molar-refractivity contribution in [2.24, 2.45) is 5.92 Å². The monoisotopic (exact) mass is 250 g/mol. The Morgan fingerprint density at radius 3 is 2.78 bits per heavy atom. The number of phenols is 1. The van der Waals surface area contributed by atoms with Gasteiger partial charge in [0, 0.05) is 0 Å². The van der Waals surface area contributed by atoms with Gasteiger partial charge >= 0.3 is 5.97 Å². The zero-order valence-corrected chi connectivity index (χ0v) is 11.2. The first kappa shape index (κ1) is 14.6. The summed E-state index contributed by atoms with van der Waals surface area (Å²) in [6, 6.07) is 6.25. The molecule has 0 heterocycles. The van der Waals surface area contributed by atoms with Crippen molar-refractivity contribution >= 4 is 5.97 Å². The van der Waals surface area contributed by atoms with Gasteiger partial charge in [0.25, 0.3) is 0 Å². The Morgan fingerprint density at radius 2 is 2.17 bits per heavy atom. The smallest absolute Gasteiger partial charge is 0.338 e. The molecule has 100 valence electrons. The van der Waals surface area contributed by atoms with Crippen LogP contribution in [0.3, 0.4) is 0 Å². The second-order valence-corrected chi connectivity index (χ2v) is 4.57. The average molecular weight is 250 g/mol. The predicted octanol–water partition coefficient (Wildman–Crippen LogP) is 3.77. The molecule has 1 aromatic carbocycles. The van der Waals surface area contributed by atoms with Crippen molar-refractivity contribution in [3.63, 3.8) is 0 Å². The van der Waals surface area contributed by atoms with E-state index in [1.54, 1.807) is 12.1 Å². The molecule has 0 fully saturated rings. The fraction of sp³-hybridized carbons (Fsp3) is 0.533. The first-order valence-electron chi connectivity index (χ1n) is 6.63. The van der Waals surface area contributed by atoms with E-state index in [4.69, 9.17) is 4.74 Å². The van der Waals surface area contributed by atoms with Crippen molar-refractivity contribution in [2.75, 3.05) is 6.61 Å². The predicted molar refractivity (Wildman–Crippen MR) is 71.7 cm³/mol. The Labute approximate surface area is 109 Å². The maximum absolute atomic E-state index is 11.8. The van der Waals surface area contributed by atoms with Gasteiger partial charge in [-0.05, 0) is 30.5 Å². The van der Waals surface area contributed by atoms with E-state index in [1.165, 1.54) is 18.6 Å².